The summed E-state index contributed by atoms with van der Waals surface area (Å²) in [5.41, 5.74) is 0.447. The van der Waals surface area contributed by atoms with Gasteiger partial charge in [-0.1, -0.05) is 41.5 Å². The molecule has 0 saturated carbocycles. The third-order valence-electron chi connectivity index (χ3n) is 2.63. The van der Waals surface area contributed by atoms with Crippen molar-refractivity contribution in [1.29, 1.82) is 0 Å². The first-order valence-corrected chi connectivity index (χ1v) is 6.58. The summed E-state index contributed by atoms with van der Waals surface area (Å²) in [6.07, 6.45) is 5.20. The number of rotatable bonds is 7. The fourth-order valence-electron chi connectivity index (χ4n) is 1.90. The Hall–Kier alpha value is -0.0400. The van der Waals surface area contributed by atoms with Crippen LogP contribution in [0.2, 0.25) is 0 Å². The lowest BCUT2D eigenvalue weighted by Crippen LogP contribution is -2.33. The Morgan fingerprint density at radius 2 is 1.67 bits per heavy atom. The third-order valence-corrected chi connectivity index (χ3v) is 2.63. The lowest BCUT2D eigenvalue weighted by atomic mass is 9.85. The van der Waals surface area contributed by atoms with Crippen molar-refractivity contribution in [3.63, 3.8) is 0 Å². The second kappa shape index (κ2) is 7.27. The van der Waals surface area contributed by atoms with E-state index in [1.807, 2.05) is 0 Å². The van der Waals surface area contributed by atoms with E-state index in [9.17, 15) is 0 Å². The molecule has 0 spiro atoms. The summed E-state index contributed by atoms with van der Waals surface area (Å²) in [5.74, 6) is 0.830. The molecule has 0 radical (unpaired) electrons. The molecule has 0 heterocycles. The van der Waals surface area contributed by atoms with Gasteiger partial charge in [0.05, 0.1) is 0 Å². The van der Waals surface area contributed by atoms with Gasteiger partial charge in [0, 0.05) is 6.04 Å². The molecule has 1 atom stereocenters. The highest BCUT2D eigenvalue weighted by Crippen LogP contribution is 2.23. The first-order valence-electron chi connectivity index (χ1n) is 6.58. The standard InChI is InChI=1S/C14H31N/c1-7-10-15-13(9-8-12(2)3)11-14(4,5)6/h12-13,15H,7-11H2,1-6H3. The van der Waals surface area contributed by atoms with Gasteiger partial charge < -0.3 is 5.32 Å². The van der Waals surface area contributed by atoms with Crippen LogP contribution < -0.4 is 5.32 Å². The molecule has 1 unspecified atom stereocenters. The molecule has 0 aromatic rings. The van der Waals surface area contributed by atoms with E-state index in [0.29, 0.717) is 11.5 Å². The maximum Gasteiger partial charge on any atom is 0.00721 e. The van der Waals surface area contributed by atoms with E-state index in [1.165, 1.54) is 32.2 Å². The van der Waals surface area contributed by atoms with Crippen LogP contribution in [0.4, 0.5) is 0 Å². The van der Waals surface area contributed by atoms with Crippen molar-refractivity contribution in [2.75, 3.05) is 6.54 Å². The van der Waals surface area contributed by atoms with E-state index < -0.39 is 0 Å². The Labute approximate surface area is 97.0 Å². The van der Waals surface area contributed by atoms with Gasteiger partial charge in [-0.25, -0.2) is 0 Å². The van der Waals surface area contributed by atoms with Gasteiger partial charge in [-0.15, -0.1) is 0 Å². The molecular formula is C14H31N. The van der Waals surface area contributed by atoms with E-state index >= 15 is 0 Å². The Morgan fingerprint density at radius 1 is 1.07 bits per heavy atom. The van der Waals surface area contributed by atoms with Crippen LogP contribution in [-0.4, -0.2) is 12.6 Å². The zero-order valence-electron chi connectivity index (χ0n) is 11.7. The highest BCUT2D eigenvalue weighted by Gasteiger charge is 2.18. The highest BCUT2D eigenvalue weighted by atomic mass is 14.9. The van der Waals surface area contributed by atoms with Crippen LogP contribution in [0.25, 0.3) is 0 Å². The molecule has 92 valence electrons. The number of nitrogens with one attached hydrogen (secondary N) is 1. The lowest BCUT2D eigenvalue weighted by molar-refractivity contribution is 0.288. The Bertz CT molecular complexity index is 144. The minimum Gasteiger partial charge on any atom is -0.314 e. The van der Waals surface area contributed by atoms with Crippen LogP contribution in [0.5, 0.6) is 0 Å². The molecule has 0 saturated heterocycles. The molecule has 0 aliphatic carbocycles. The van der Waals surface area contributed by atoms with Crippen molar-refractivity contribution in [3.05, 3.63) is 0 Å². The second-order valence-electron chi connectivity index (χ2n) is 6.39. The van der Waals surface area contributed by atoms with Crippen molar-refractivity contribution in [1.82, 2.24) is 5.32 Å². The van der Waals surface area contributed by atoms with E-state index in [4.69, 9.17) is 0 Å². The molecule has 0 rings (SSSR count). The zero-order chi connectivity index (χ0) is 11.9. The van der Waals surface area contributed by atoms with Crippen molar-refractivity contribution in [3.8, 4) is 0 Å². The van der Waals surface area contributed by atoms with Gasteiger partial charge in [-0.3, -0.25) is 0 Å². The third kappa shape index (κ3) is 10.2. The predicted molar refractivity (Wildman–Crippen MR) is 70.2 cm³/mol. The Kier molecular flexibility index (Phi) is 7.25. The molecule has 1 N–H and O–H groups in total. The van der Waals surface area contributed by atoms with Gasteiger partial charge in [0.25, 0.3) is 0 Å². The smallest absolute Gasteiger partial charge is 0.00721 e. The van der Waals surface area contributed by atoms with Gasteiger partial charge in [0.15, 0.2) is 0 Å². The first kappa shape index (κ1) is 15.0. The van der Waals surface area contributed by atoms with Crippen LogP contribution in [0.1, 0.15) is 67.2 Å². The molecule has 0 amide bonds. The average Bonchev–Trinajstić information content (AvgIpc) is 2.07. The fraction of sp³-hybridized carbons (Fsp3) is 1.00. The van der Waals surface area contributed by atoms with Crippen molar-refractivity contribution in [2.45, 2.75) is 73.3 Å². The normalized spacial score (nSPS) is 14.6. The van der Waals surface area contributed by atoms with Crippen LogP contribution >= 0.6 is 0 Å². The molecule has 0 aliphatic rings. The fourth-order valence-corrected chi connectivity index (χ4v) is 1.90. The molecule has 1 nitrogen and oxygen atoms in total. The maximum atomic E-state index is 3.68. The van der Waals surface area contributed by atoms with Crippen LogP contribution in [0, 0.1) is 11.3 Å². The average molecular weight is 213 g/mol. The summed E-state index contributed by atoms with van der Waals surface area (Å²) >= 11 is 0. The van der Waals surface area contributed by atoms with Gasteiger partial charge in [-0.2, -0.15) is 0 Å². The van der Waals surface area contributed by atoms with E-state index in [2.05, 4.69) is 46.9 Å². The van der Waals surface area contributed by atoms with Crippen LogP contribution in [0.15, 0.2) is 0 Å². The summed E-state index contributed by atoms with van der Waals surface area (Å²) in [6.45, 7) is 15.0. The predicted octanol–water partition coefficient (Wildman–Crippen LogP) is 4.23. The van der Waals surface area contributed by atoms with E-state index in [-0.39, 0.29) is 0 Å². The Morgan fingerprint density at radius 3 is 2.07 bits per heavy atom. The highest BCUT2D eigenvalue weighted by molar-refractivity contribution is 4.75. The quantitative estimate of drug-likeness (QED) is 0.667. The summed E-state index contributed by atoms with van der Waals surface area (Å²) in [4.78, 5) is 0. The largest absolute Gasteiger partial charge is 0.314 e. The van der Waals surface area contributed by atoms with Gasteiger partial charge in [0.1, 0.15) is 0 Å². The van der Waals surface area contributed by atoms with Crippen molar-refractivity contribution in [2.24, 2.45) is 11.3 Å². The van der Waals surface area contributed by atoms with Crippen LogP contribution in [0.3, 0.4) is 0 Å². The molecule has 0 aliphatic heterocycles. The second-order valence-corrected chi connectivity index (χ2v) is 6.39. The molecule has 0 aromatic carbocycles. The number of hydrogen-bond donors (Lipinski definition) is 1. The van der Waals surface area contributed by atoms with Crippen LogP contribution in [-0.2, 0) is 0 Å². The molecule has 1 heteroatoms. The lowest BCUT2D eigenvalue weighted by Gasteiger charge is -2.27. The SMILES string of the molecule is CCCNC(CCC(C)C)CC(C)(C)C. The maximum absolute atomic E-state index is 3.68. The molecule has 0 bridgehead atoms. The van der Waals surface area contributed by atoms with E-state index in [0.717, 1.165) is 5.92 Å². The molecule has 15 heavy (non-hydrogen) atoms. The zero-order valence-corrected chi connectivity index (χ0v) is 11.7. The molecular weight excluding hydrogens is 182 g/mol. The summed E-state index contributed by atoms with van der Waals surface area (Å²) < 4.78 is 0. The summed E-state index contributed by atoms with van der Waals surface area (Å²) in [7, 11) is 0. The number of hydrogen-bond acceptors (Lipinski definition) is 1. The minimum atomic E-state index is 0.447. The van der Waals surface area contributed by atoms with Gasteiger partial charge in [-0.05, 0) is 43.6 Å². The van der Waals surface area contributed by atoms with Gasteiger partial charge in [0.2, 0.25) is 0 Å². The monoisotopic (exact) mass is 213 g/mol. The van der Waals surface area contributed by atoms with E-state index in [1.54, 1.807) is 0 Å². The minimum absolute atomic E-state index is 0.447. The molecule has 0 fully saturated rings. The molecule has 0 aromatic heterocycles. The van der Waals surface area contributed by atoms with Gasteiger partial charge >= 0.3 is 0 Å². The summed E-state index contributed by atoms with van der Waals surface area (Å²) in [5, 5.41) is 3.68. The summed E-state index contributed by atoms with van der Waals surface area (Å²) in [6, 6.07) is 0.715. The topological polar surface area (TPSA) is 12.0 Å². The van der Waals surface area contributed by atoms with Crippen molar-refractivity contribution < 1.29 is 0 Å². The first-order chi connectivity index (χ1) is 6.85. The van der Waals surface area contributed by atoms with Crippen molar-refractivity contribution >= 4 is 0 Å². The Balaban J connectivity index is 3.95.